The number of ketones is 1. The Morgan fingerprint density at radius 3 is 2.79 bits per heavy atom. The molecule has 0 N–H and O–H groups in total. The topological polar surface area (TPSA) is 44.1 Å². The lowest BCUT2D eigenvalue weighted by molar-refractivity contribution is -0.117. The summed E-state index contributed by atoms with van der Waals surface area (Å²) < 4.78 is 6.98. The first kappa shape index (κ1) is 13.3. The van der Waals surface area contributed by atoms with Crippen molar-refractivity contribution in [2.24, 2.45) is 0 Å². The van der Waals surface area contributed by atoms with Gasteiger partial charge in [-0.05, 0) is 30.2 Å². The third-order valence-corrected chi connectivity index (χ3v) is 2.95. The molecule has 0 bridgehead atoms. The minimum Gasteiger partial charge on any atom is -0.497 e. The number of carbonyl (C=O) groups is 1. The van der Waals surface area contributed by atoms with Crippen LogP contribution in [0.15, 0.2) is 36.7 Å². The number of nitrogens with zero attached hydrogens (tertiary/aromatic N) is 2. The number of rotatable bonds is 6. The highest BCUT2D eigenvalue weighted by atomic mass is 16.5. The van der Waals surface area contributed by atoms with Gasteiger partial charge in [0.1, 0.15) is 11.5 Å². The number of ether oxygens (including phenoxy) is 1. The molecule has 0 aliphatic rings. The van der Waals surface area contributed by atoms with E-state index in [0.717, 1.165) is 23.4 Å². The summed E-state index contributed by atoms with van der Waals surface area (Å²) >= 11 is 0. The van der Waals surface area contributed by atoms with Crippen molar-refractivity contribution in [3.05, 3.63) is 47.8 Å². The zero-order valence-corrected chi connectivity index (χ0v) is 11.3. The Kier molecular flexibility index (Phi) is 4.34. The lowest BCUT2D eigenvalue weighted by Gasteiger charge is -2.03. The van der Waals surface area contributed by atoms with Gasteiger partial charge in [-0.1, -0.05) is 12.1 Å². The predicted octanol–water partition coefficient (Wildman–Crippen LogP) is 2.27. The molecule has 0 radical (unpaired) electrons. The number of hydrogen-bond acceptors (Lipinski definition) is 3. The van der Waals surface area contributed by atoms with Crippen LogP contribution in [0.3, 0.4) is 0 Å². The van der Waals surface area contributed by atoms with Crippen molar-refractivity contribution >= 4 is 5.78 Å². The van der Waals surface area contributed by atoms with Crippen LogP contribution in [-0.2, 0) is 24.2 Å². The average Bonchev–Trinajstić information content (AvgIpc) is 2.86. The molecule has 0 aliphatic heterocycles. The van der Waals surface area contributed by atoms with Crippen molar-refractivity contribution in [3.63, 3.8) is 0 Å². The highest BCUT2D eigenvalue weighted by Gasteiger charge is 2.07. The van der Waals surface area contributed by atoms with Crippen LogP contribution in [0.1, 0.15) is 18.1 Å². The van der Waals surface area contributed by atoms with Gasteiger partial charge in [0, 0.05) is 25.6 Å². The summed E-state index contributed by atoms with van der Waals surface area (Å²) in [5.41, 5.74) is 1.95. The van der Waals surface area contributed by atoms with E-state index in [9.17, 15) is 4.79 Å². The van der Waals surface area contributed by atoms with E-state index in [1.165, 1.54) is 0 Å². The van der Waals surface area contributed by atoms with E-state index in [2.05, 4.69) is 5.10 Å². The number of hydrogen-bond donors (Lipinski definition) is 0. The molecule has 0 atom stereocenters. The minimum absolute atomic E-state index is 0.184. The van der Waals surface area contributed by atoms with Crippen LogP contribution in [0, 0.1) is 0 Å². The molecule has 0 spiro atoms. The van der Waals surface area contributed by atoms with Gasteiger partial charge in [-0.3, -0.25) is 9.48 Å². The molecule has 1 aromatic carbocycles. The molecular formula is C15H18N2O2. The van der Waals surface area contributed by atoms with E-state index < -0.39 is 0 Å². The zero-order valence-electron chi connectivity index (χ0n) is 11.3. The van der Waals surface area contributed by atoms with Crippen molar-refractivity contribution in [3.8, 4) is 5.75 Å². The van der Waals surface area contributed by atoms with E-state index in [1.807, 2.05) is 42.1 Å². The second-order valence-electron chi connectivity index (χ2n) is 4.45. The molecule has 4 nitrogen and oxygen atoms in total. The van der Waals surface area contributed by atoms with Crippen LogP contribution in [0.25, 0.3) is 0 Å². The molecule has 100 valence electrons. The van der Waals surface area contributed by atoms with Crippen molar-refractivity contribution in [2.75, 3.05) is 7.11 Å². The molecule has 0 fully saturated rings. The summed E-state index contributed by atoms with van der Waals surface area (Å²) in [6, 6.07) is 7.61. The highest BCUT2D eigenvalue weighted by molar-refractivity contribution is 5.83. The van der Waals surface area contributed by atoms with Crippen molar-refractivity contribution < 1.29 is 9.53 Å². The first-order valence-electron chi connectivity index (χ1n) is 6.37. The number of benzene rings is 1. The fraction of sp³-hybridized carbons (Fsp3) is 0.333. The van der Waals surface area contributed by atoms with Crippen LogP contribution in [-0.4, -0.2) is 22.7 Å². The van der Waals surface area contributed by atoms with Crippen LogP contribution < -0.4 is 4.74 Å². The fourth-order valence-electron chi connectivity index (χ4n) is 1.97. The monoisotopic (exact) mass is 258 g/mol. The first-order chi connectivity index (χ1) is 9.21. The van der Waals surface area contributed by atoms with Gasteiger partial charge in [-0.25, -0.2) is 0 Å². The minimum atomic E-state index is 0.184. The predicted molar refractivity (Wildman–Crippen MR) is 73.3 cm³/mol. The van der Waals surface area contributed by atoms with Gasteiger partial charge in [-0.2, -0.15) is 5.10 Å². The van der Waals surface area contributed by atoms with Crippen LogP contribution in [0.2, 0.25) is 0 Å². The average molecular weight is 258 g/mol. The van der Waals surface area contributed by atoms with Gasteiger partial charge in [-0.15, -0.1) is 0 Å². The van der Waals surface area contributed by atoms with E-state index in [1.54, 1.807) is 13.3 Å². The molecule has 0 saturated carbocycles. The van der Waals surface area contributed by atoms with Gasteiger partial charge < -0.3 is 4.74 Å². The standard InChI is InChI=1S/C15H18N2O2/c1-3-17-11-13(10-16-17)8-14(18)7-12-5-4-6-15(9-12)19-2/h4-6,9-11H,3,7-8H2,1-2H3. The molecular weight excluding hydrogens is 240 g/mol. The van der Waals surface area contributed by atoms with Gasteiger partial charge in [0.05, 0.1) is 13.3 Å². The summed E-state index contributed by atoms with van der Waals surface area (Å²) in [6.45, 7) is 2.85. The molecule has 4 heteroatoms. The van der Waals surface area contributed by atoms with Crippen molar-refractivity contribution in [1.29, 1.82) is 0 Å². The Hall–Kier alpha value is -2.10. The maximum absolute atomic E-state index is 12.0. The maximum Gasteiger partial charge on any atom is 0.141 e. The smallest absolute Gasteiger partial charge is 0.141 e. The molecule has 0 amide bonds. The second-order valence-corrected chi connectivity index (χ2v) is 4.45. The van der Waals surface area contributed by atoms with Gasteiger partial charge in [0.2, 0.25) is 0 Å². The van der Waals surface area contributed by atoms with Crippen LogP contribution >= 0.6 is 0 Å². The summed E-state index contributed by atoms with van der Waals surface area (Å²) in [5.74, 6) is 0.966. The Morgan fingerprint density at radius 2 is 2.11 bits per heavy atom. The van der Waals surface area contributed by atoms with Crippen LogP contribution in [0.4, 0.5) is 0 Å². The normalized spacial score (nSPS) is 10.4. The van der Waals surface area contributed by atoms with Gasteiger partial charge in [0.15, 0.2) is 0 Å². The van der Waals surface area contributed by atoms with Crippen molar-refractivity contribution in [1.82, 2.24) is 9.78 Å². The fourth-order valence-corrected chi connectivity index (χ4v) is 1.97. The summed E-state index contributed by atoms with van der Waals surface area (Å²) in [4.78, 5) is 12.0. The molecule has 1 heterocycles. The molecule has 0 unspecified atom stereocenters. The summed E-state index contributed by atoms with van der Waals surface area (Å²) in [6.07, 6.45) is 4.53. The second kappa shape index (κ2) is 6.18. The molecule has 2 aromatic rings. The molecule has 19 heavy (non-hydrogen) atoms. The Morgan fingerprint density at radius 1 is 1.32 bits per heavy atom. The lowest BCUT2D eigenvalue weighted by Crippen LogP contribution is -2.06. The number of aryl methyl sites for hydroxylation is 1. The van der Waals surface area contributed by atoms with E-state index in [4.69, 9.17) is 4.74 Å². The molecule has 1 aromatic heterocycles. The van der Waals surface area contributed by atoms with Crippen LogP contribution in [0.5, 0.6) is 5.75 Å². The third-order valence-electron chi connectivity index (χ3n) is 2.95. The summed E-state index contributed by atoms with van der Waals surface area (Å²) in [7, 11) is 1.63. The molecule has 2 rings (SSSR count). The lowest BCUT2D eigenvalue weighted by atomic mass is 10.0. The summed E-state index contributed by atoms with van der Waals surface area (Å²) in [5, 5.41) is 4.17. The SMILES string of the molecule is CCn1cc(CC(=O)Cc2cccc(OC)c2)cn1. The van der Waals surface area contributed by atoms with E-state index >= 15 is 0 Å². The first-order valence-corrected chi connectivity index (χ1v) is 6.37. The van der Waals surface area contributed by atoms with Crippen molar-refractivity contribution in [2.45, 2.75) is 26.3 Å². The Labute approximate surface area is 113 Å². The number of methoxy groups -OCH3 is 1. The number of Topliss-reactive ketones (excluding diaryl/α,β-unsaturated/α-hetero) is 1. The maximum atomic E-state index is 12.0. The molecule has 0 aliphatic carbocycles. The largest absolute Gasteiger partial charge is 0.497 e. The Balaban J connectivity index is 1.96. The van der Waals surface area contributed by atoms with E-state index in [0.29, 0.717) is 12.8 Å². The third kappa shape index (κ3) is 3.68. The number of carbonyl (C=O) groups excluding carboxylic acids is 1. The van der Waals surface area contributed by atoms with E-state index in [-0.39, 0.29) is 5.78 Å². The van der Waals surface area contributed by atoms with Gasteiger partial charge >= 0.3 is 0 Å². The Bertz CT molecular complexity index is 561. The zero-order chi connectivity index (χ0) is 13.7. The quantitative estimate of drug-likeness (QED) is 0.798. The highest BCUT2D eigenvalue weighted by Crippen LogP contribution is 2.14. The number of aromatic nitrogens is 2. The molecule has 0 saturated heterocycles. The van der Waals surface area contributed by atoms with Gasteiger partial charge in [0.25, 0.3) is 0 Å².